The summed E-state index contributed by atoms with van der Waals surface area (Å²) in [6, 6.07) is 7.21. The number of nitrogens with one attached hydrogen (secondary N) is 1. The molecule has 1 N–H and O–H groups in total. The van der Waals surface area contributed by atoms with Gasteiger partial charge in [-0.25, -0.2) is 4.68 Å². The summed E-state index contributed by atoms with van der Waals surface area (Å²) >= 11 is 0. The molecular weight excluding hydrogens is 318 g/mol. The van der Waals surface area contributed by atoms with Crippen molar-refractivity contribution in [3.05, 3.63) is 40.8 Å². The number of para-hydroxylation sites is 1. The van der Waals surface area contributed by atoms with Gasteiger partial charge < -0.3 is 14.8 Å². The quantitative estimate of drug-likeness (QED) is 0.755. The van der Waals surface area contributed by atoms with Gasteiger partial charge >= 0.3 is 0 Å². The number of likely N-dealkylation sites (N-methyl/N-ethyl adjacent to an activating group) is 1. The minimum atomic E-state index is -0.500. The van der Waals surface area contributed by atoms with Crippen molar-refractivity contribution in [1.82, 2.24) is 24.6 Å². The molecule has 0 fully saturated rings. The van der Waals surface area contributed by atoms with Crippen LogP contribution in [0.5, 0.6) is 0 Å². The molecule has 7 nitrogen and oxygen atoms in total. The summed E-state index contributed by atoms with van der Waals surface area (Å²) in [6.07, 6.45) is 1.69. The van der Waals surface area contributed by atoms with Crippen LogP contribution < -0.4 is 10.9 Å². The second kappa shape index (κ2) is 6.68. The van der Waals surface area contributed by atoms with E-state index in [2.05, 4.69) is 10.4 Å². The first-order chi connectivity index (χ1) is 11.9. The number of rotatable bonds is 5. The Bertz CT molecular complexity index is 986. The first-order valence-electron chi connectivity index (χ1n) is 8.29. The number of carbonyl (C=O) groups is 1. The zero-order valence-electron chi connectivity index (χ0n) is 15.0. The third-order valence-corrected chi connectivity index (χ3v) is 4.43. The molecule has 0 aliphatic rings. The fourth-order valence-corrected chi connectivity index (χ4v) is 3.06. The summed E-state index contributed by atoms with van der Waals surface area (Å²) in [6.45, 7) is 3.14. The predicted molar refractivity (Wildman–Crippen MR) is 98.8 cm³/mol. The fraction of sp³-hybridized carbons (Fsp3) is 0.389. The molecule has 3 aromatic rings. The first-order valence-corrected chi connectivity index (χ1v) is 8.29. The molecule has 132 valence electrons. The van der Waals surface area contributed by atoms with E-state index < -0.39 is 6.04 Å². The van der Waals surface area contributed by atoms with E-state index in [0.717, 1.165) is 22.8 Å². The van der Waals surface area contributed by atoms with Crippen LogP contribution in [0.2, 0.25) is 0 Å². The van der Waals surface area contributed by atoms with Gasteiger partial charge in [0.25, 0.3) is 5.56 Å². The summed E-state index contributed by atoms with van der Waals surface area (Å²) in [4.78, 5) is 27.3. The Morgan fingerprint density at radius 3 is 2.72 bits per heavy atom. The number of benzene rings is 1. The summed E-state index contributed by atoms with van der Waals surface area (Å²) in [5, 5.41) is 8.76. The molecular formula is C18H23N5O2. The number of hydrogen-bond acceptors (Lipinski definition) is 4. The van der Waals surface area contributed by atoms with E-state index in [-0.39, 0.29) is 11.5 Å². The van der Waals surface area contributed by atoms with Gasteiger partial charge in [0.2, 0.25) is 5.91 Å². The van der Waals surface area contributed by atoms with Crippen LogP contribution in [0.1, 0.15) is 13.0 Å². The Balaban J connectivity index is 2.12. The van der Waals surface area contributed by atoms with Gasteiger partial charge in [-0.1, -0.05) is 18.2 Å². The van der Waals surface area contributed by atoms with Crippen molar-refractivity contribution in [2.75, 3.05) is 27.2 Å². The van der Waals surface area contributed by atoms with Crippen LogP contribution in [0.25, 0.3) is 21.8 Å². The third kappa shape index (κ3) is 3.02. The Morgan fingerprint density at radius 2 is 2.00 bits per heavy atom. The summed E-state index contributed by atoms with van der Waals surface area (Å²) in [7, 11) is 5.53. The minimum Gasteiger partial charge on any atom is -0.353 e. The molecule has 0 unspecified atom stereocenters. The van der Waals surface area contributed by atoms with Gasteiger partial charge in [0.1, 0.15) is 11.6 Å². The lowest BCUT2D eigenvalue weighted by Crippen LogP contribution is -2.36. The van der Waals surface area contributed by atoms with Gasteiger partial charge in [-0.15, -0.1) is 0 Å². The first kappa shape index (κ1) is 17.2. The van der Waals surface area contributed by atoms with Crippen LogP contribution in [0.15, 0.2) is 35.3 Å². The molecule has 0 aliphatic heterocycles. The van der Waals surface area contributed by atoms with Crippen molar-refractivity contribution < 1.29 is 4.79 Å². The van der Waals surface area contributed by atoms with Crippen LogP contribution in [0, 0.1) is 0 Å². The van der Waals surface area contributed by atoms with Crippen LogP contribution in [-0.4, -0.2) is 52.3 Å². The van der Waals surface area contributed by atoms with Gasteiger partial charge in [-0.05, 0) is 27.1 Å². The average Bonchev–Trinajstić information content (AvgIpc) is 2.92. The Morgan fingerprint density at radius 1 is 1.28 bits per heavy atom. The zero-order valence-corrected chi connectivity index (χ0v) is 15.0. The van der Waals surface area contributed by atoms with Crippen molar-refractivity contribution in [3.8, 4) is 0 Å². The lowest BCUT2D eigenvalue weighted by Gasteiger charge is -2.17. The number of aryl methyl sites for hydroxylation is 1. The van der Waals surface area contributed by atoms with Gasteiger partial charge in [0, 0.05) is 30.9 Å². The maximum Gasteiger partial charge on any atom is 0.291 e. The van der Waals surface area contributed by atoms with Crippen LogP contribution in [-0.2, 0) is 11.8 Å². The maximum absolute atomic E-state index is 12.7. The normalized spacial score (nSPS) is 12.8. The molecule has 1 aromatic carbocycles. The molecule has 0 spiro atoms. The zero-order chi connectivity index (χ0) is 18.1. The van der Waals surface area contributed by atoms with E-state index in [1.807, 2.05) is 54.8 Å². The second-order valence-corrected chi connectivity index (χ2v) is 6.49. The molecule has 0 bridgehead atoms. The van der Waals surface area contributed by atoms with E-state index in [9.17, 15) is 9.59 Å². The Labute approximate surface area is 145 Å². The molecule has 1 atom stereocenters. The second-order valence-electron chi connectivity index (χ2n) is 6.49. The highest BCUT2D eigenvalue weighted by molar-refractivity contribution is 6.08. The summed E-state index contributed by atoms with van der Waals surface area (Å²) < 4.78 is 3.12. The van der Waals surface area contributed by atoms with Crippen molar-refractivity contribution in [1.29, 1.82) is 0 Å². The monoisotopic (exact) mass is 341 g/mol. The number of nitrogens with zero attached hydrogens (tertiary/aromatic N) is 4. The van der Waals surface area contributed by atoms with Gasteiger partial charge in [0.15, 0.2) is 0 Å². The molecule has 0 saturated carbocycles. The Hall–Kier alpha value is -2.67. The highest BCUT2D eigenvalue weighted by Crippen LogP contribution is 2.29. The number of amides is 1. The van der Waals surface area contributed by atoms with Crippen LogP contribution in [0.3, 0.4) is 0 Å². The van der Waals surface area contributed by atoms with Gasteiger partial charge in [0.05, 0.1) is 11.7 Å². The topological polar surface area (TPSA) is 72.2 Å². The molecule has 2 aromatic heterocycles. The molecule has 0 saturated heterocycles. The minimum absolute atomic E-state index is 0.108. The van der Waals surface area contributed by atoms with Crippen LogP contribution in [0.4, 0.5) is 0 Å². The molecule has 1 amide bonds. The molecule has 0 radical (unpaired) electrons. The molecule has 2 heterocycles. The van der Waals surface area contributed by atoms with E-state index >= 15 is 0 Å². The predicted octanol–water partition coefficient (Wildman–Crippen LogP) is 1.13. The summed E-state index contributed by atoms with van der Waals surface area (Å²) in [5.41, 5.74) is 1.16. The average molecular weight is 341 g/mol. The number of fused-ring (bicyclic) bond motifs is 3. The summed E-state index contributed by atoms with van der Waals surface area (Å²) in [5.74, 6) is -0.108. The largest absolute Gasteiger partial charge is 0.353 e. The number of carbonyl (C=O) groups excluding carboxylic acids is 1. The highest BCUT2D eigenvalue weighted by atomic mass is 16.2. The van der Waals surface area contributed by atoms with Crippen molar-refractivity contribution in [2.24, 2.45) is 7.05 Å². The molecule has 3 rings (SSSR count). The standard InChI is InChI=1S/C18H23N5O2/c1-12(17(24)19-9-10-21(2)3)23-15-8-6-5-7-13(15)14-11-20-22(4)18(25)16(14)23/h5-8,11-12H,9-10H2,1-4H3,(H,19,24)/t12-/m0/s1. The van der Waals surface area contributed by atoms with E-state index in [0.29, 0.717) is 12.1 Å². The highest BCUT2D eigenvalue weighted by Gasteiger charge is 2.22. The Kier molecular flexibility index (Phi) is 4.59. The molecule has 7 heteroatoms. The number of hydrogen-bond donors (Lipinski definition) is 1. The van der Waals surface area contributed by atoms with E-state index in [4.69, 9.17) is 0 Å². The van der Waals surface area contributed by atoms with E-state index in [1.165, 1.54) is 4.68 Å². The molecule has 25 heavy (non-hydrogen) atoms. The van der Waals surface area contributed by atoms with E-state index in [1.54, 1.807) is 13.2 Å². The van der Waals surface area contributed by atoms with Crippen molar-refractivity contribution >= 4 is 27.7 Å². The SMILES string of the molecule is C[C@@H](C(=O)NCCN(C)C)n1c2ccccc2c2cnn(C)c(=O)c21. The number of aromatic nitrogens is 3. The lowest BCUT2D eigenvalue weighted by molar-refractivity contribution is -0.123. The van der Waals surface area contributed by atoms with Crippen molar-refractivity contribution in [2.45, 2.75) is 13.0 Å². The molecule has 0 aliphatic carbocycles. The lowest BCUT2D eigenvalue weighted by atomic mass is 10.2. The third-order valence-electron chi connectivity index (χ3n) is 4.43. The van der Waals surface area contributed by atoms with Gasteiger partial charge in [-0.2, -0.15) is 5.10 Å². The van der Waals surface area contributed by atoms with Gasteiger partial charge in [-0.3, -0.25) is 9.59 Å². The fourth-order valence-electron chi connectivity index (χ4n) is 3.06. The van der Waals surface area contributed by atoms with Crippen molar-refractivity contribution in [3.63, 3.8) is 0 Å². The van der Waals surface area contributed by atoms with Crippen LogP contribution >= 0.6 is 0 Å². The smallest absolute Gasteiger partial charge is 0.291 e. The maximum atomic E-state index is 12.7.